The first-order valence-electron chi connectivity index (χ1n) is 7.82. The summed E-state index contributed by atoms with van der Waals surface area (Å²) in [5.74, 6) is -0.199. The molecule has 1 nitrogen and oxygen atoms in total. The third kappa shape index (κ3) is 2.14. The molecule has 4 aromatic rings. The Morgan fingerprint density at radius 3 is 1.70 bits per heavy atom. The molecule has 0 bridgehead atoms. The Bertz CT molecular complexity index is 997. The van der Waals surface area contributed by atoms with E-state index in [-0.39, 0.29) is 5.82 Å². The number of fused-ring (bicyclic) bond motifs is 3. The van der Waals surface area contributed by atoms with Crippen LogP contribution in [0.4, 0.5) is 4.39 Å². The monoisotopic (exact) mass is 303 g/mol. The van der Waals surface area contributed by atoms with Gasteiger partial charge in [0.15, 0.2) is 0 Å². The van der Waals surface area contributed by atoms with Crippen LogP contribution in [0.15, 0.2) is 54.6 Å². The highest BCUT2D eigenvalue weighted by molar-refractivity contribution is 6.09. The van der Waals surface area contributed by atoms with Crippen LogP contribution in [-0.2, 0) is 0 Å². The number of aromatic nitrogens is 1. The topological polar surface area (TPSA) is 4.93 Å². The van der Waals surface area contributed by atoms with E-state index >= 15 is 0 Å². The van der Waals surface area contributed by atoms with Crippen LogP contribution in [0.25, 0.3) is 27.5 Å². The smallest absolute Gasteiger partial charge is 0.147 e. The maximum Gasteiger partial charge on any atom is 0.147 e. The Morgan fingerprint density at radius 1 is 0.652 bits per heavy atom. The molecule has 0 radical (unpaired) electrons. The second kappa shape index (κ2) is 4.95. The van der Waals surface area contributed by atoms with Gasteiger partial charge in [-0.25, -0.2) is 4.39 Å². The van der Waals surface area contributed by atoms with Crippen molar-refractivity contribution in [3.63, 3.8) is 0 Å². The highest BCUT2D eigenvalue weighted by Gasteiger charge is 2.15. The number of hydrogen-bond acceptors (Lipinski definition) is 0. The summed E-state index contributed by atoms with van der Waals surface area (Å²) in [6.07, 6.45) is 0. The zero-order valence-electron chi connectivity index (χ0n) is 13.5. The molecule has 0 unspecified atom stereocenters. The summed E-state index contributed by atoms with van der Waals surface area (Å²) in [7, 11) is 0. The van der Waals surface area contributed by atoms with Gasteiger partial charge in [0.2, 0.25) is 0 Å². The van der Waals surface area contributed by atoms with Gasteiger partial charge >= 0.3 is 0 Å². The lowest BCUT2D eigenvalue weighted by Gasteiger charge is -2.10. The summed E-state index contributed by atoms with van der Waals surface area (Å²) in [6, 6.07) is 18.0. The van der Waals surface area contributed by atoms with E-state index in [4.69, 9.17) is 0 Å². The number of halogens is 1. The van der Waals surface area contributed by atoms with Crippen molar-refractivity contribution in [1.29, 1.82) is 0 Å². The minimum Gasteiger partial charge on any atom is -0.306 e. The molecule has 1 aromatic heterocycles. The summed E-state index contributed by atoms with van der Waals surface area (Å²) < 4.78 is 16.6. The van der Waals surface area contributed by atoms with Crippen LogP contribution in [0.5, 0.6) is 0 Å². The average Bonchev–Trinajstić information content (AvgIpc) is 2.83. The van der Waals surface area contributed by atoms with E-state index in [1.54, 1.807) is 12.1 Å². The van der Waals surface area contributed by atoms with Crippen molar-refractivity contribution < 1.29 is 4.39 Å². The van der Waals surface area contributed by atoms with E-state index in [0.717, 1.165) is 16.6 Å². The quantitative estimate of drug-likeness (QED) is 0.416. The van der Waals surface area contributed by atoms with Gasteiger partial charge in [-0.1, -0.05) is 29.3 Å². The van der Waals surface area contributed by atoms with Crippen molar-refractivity contribution in [1.82, 2.24) is 4.57 Å². The maximum atomic E-state index is 14.5. The van der Waals surface area contributed by atoms with Gasteiger partial charge in [0, 0.05) is 10.8 Å². The predicted molar refractivity (Wildman–Crippen MR) is 95.0 cm³/mol. The van der Waals surface area contributed by atoms with Gasteiger partial charge < -0.3 is 4.57 Å². The molecule has 0 fully saturated rings. The van der Waals surface area contributed by atoms with Crippen LogP contribution in [0.2, 0.25) is 0 Å². The molecule has 0 amide bonds. The van der Waals surface area contributed by atoms with E-state index in [0.29, 0.717) is 5.69 Å². The number of benzene rings is 3. The second-order valence-electron chi connectivity index (χ2n) is 6.33. The van der Waals surface area contributed by atoms with Crippen molar-refractivity contribution in [3.8, 4) is 5.69 Å². The molecule has 0 spiro atoms. The molecule has 2 heteroatoms. The molecule has 0 atom stereocenters. The molecular formula is C21H18FN. The third-order valence-corrected chi connectivity index (χ3v) is 4.42. The molecule has 3 aromatic carbocycles. The zero-order chi connectivity index (χ0) is 16.1. The minimum atomic E-state index is -0.199. The first-order chi connectivity index (χ1) is 11.0. The van der Waals surface area contributed by atoms with E-state index in [2.05, 4.69) is 50.2 Å². The van der Waals surface area contributed by atoms with Gasteiger partial charge in [-0.15, -0.1) is 0 Å². The van der Waals surface area contributed by atoms with Crippen molar-refractivity contribution in [2.24, 2.45) is 0 Å². The number of nitrogens with zero attached hydrogens (tertiary/aromatic N) is 1. The molecule has 23 heavy (non-hydrogen) atoms. The fourth-order valence-electron chi connectivity index (χ4n) is 3.30. The minimum absolute atomic E-state index is 0.199. The van der Waals surface area contributed by atoms with Crippen molar-refractivity contribution in [2.75, 3.05) is 0 Å². The first kappa shape index (κ1) is 14.0. The van der Waals surface area contributed by atoms with Crippen LogP contribution in [0, 0.1) is 26.6 Å². The van der Waals surface area contributed by atoms with E-state index < -0.39 is 0 Å². The summed E-state index contributed by atoms with van der Waals surface area (Å²) >= 11 is 0. The lowest BCUT2D eigenvalue weighted by Crippen LogP contribution is -1.98. The molecule has 0 aliphatic heterocycles. The van der Waals surface area contributed by atoms with Crippen LogP contribution >= 0.6 is 0 Å². The lowest BCUT2D eigenvalue weighted by molar-refractivity contribution is 0.620. The summed E-state index contributed by atoms with van der Waals surface area (Å²) in [4.78, 5) is 0. The van der Waals surface area contributed by atoms with Crippen LogP contribution < -0.4 is 0 Å². The van der Waals surface area contributed by atoms with Crippen molar-refractivity contribution in [2.45, 2.75) is 20.8 Å². The second-order valence-corrected chi connectivity index (χ2v) is 6.33. The average molecular weight is 303 g/mol. The SMILES string of the molecule is Cc1ccc(F)c(-n2c3ccc(C)cc3c3cc(C)ccc32)c1. The Labute approximate surface area is 135 Å². The fraction of sp³-hybridized carbons (Fsp3) is 0.143. The molecular weight excluding hydrogens is 285 g/mol. The summed E-state index contributed by atoms with van der Waals surface area (Å²) in [6.45, 7) is 6.17. The van der Waals surface area contributed by atoms with Crippen LogP contribution in [0.1, 0.15) is 16.7 Å². The van der Waals surface area contributed by atoms with Gasteiger partial charge in [-0.2, -0.15) is 0 Å². The largest absolute Gasteiger partial charge is 0.306 e. The van der Waals surface area contributed by atoms with Gasteiger partial charge in [0.1, 0.15) is 5.82 Å². The van der Waals surface area contributed by atoms with E-state index in [1.807, 2.05) is 17.6 Å². The molecule has 4 rings (SSSR count). The molecule has 114 valence electrons. The normalized spacial score (nSPS) is 11.5. The Hall–Kier alpha value is -2.61. The predicted octanol–water partition coefficient (Wildman–Crippen LogP) is 5.85. The molecule has 0 aliphatic rings. The highest BCUT2D eigenvalue weighted by Crippen LogP contribution is 2.34. The Kier molecular flexibility index (Phi) is 3.02. The van der Waals surface area contributed by atoms with Gasteiger partial charge in [-0.3, -0.25) is 0 Å². The van der Waals surface area contributed by atoms with Gasteiger partial charge in [0.25, 0.3) is 0 Å². The van der Waals surface area contributed by atoms with Crippen LogP contribution in [0.3, 0.4) is 0 Å². The van der Waals surface area contributed by atoms with E-state index in [1.165, 1.54) is 21.9 Å². The number of rotatable bonds is 1. The van der Waals surface area contributed by atoms with E-state index in [9.17, 15) is 4.39 Å². The molecule has 1 heterocycles. The number of hydrogen-bond donors (Lipinski definition) is 0. The highest BCUT2D eigenvalue weighted by atomic mass is 19.1. The molecule has 0 saturated heterocycles. The zero-order valence-corrected chi connectivity index (χ0v) is 13.5. The van der Waals surface area contributed by atoms with Crippen LogP contribution in [-0.4, -0.2) is 4.57 Å². The van der Waals surface area contributed by atoms with Crippen molar-refractivity contribution >= 4 is 21.8 Å². The number of aryl methyl sites for hydroxylation is 3. The molecule has 0 aliphatic carbocycles. The Morgan fingerprint density at radius 2 is 1.13 bits per heavy atom. The first-order valence-corrected chi connectivity index (χ1v) is 7.82. The molecule has 0 N–H and O–H groups in total. The standard InChI is InChI=1S/C21H18FN/c1-13-5-8-19-16(10-13)17-11-14(2)6-9-20(17)23(19)21-12-15(3)4-7-18(21)22/h4-12H,1-3H3. The van der Waals surface area contributed by atoms with Crippen molar-refractivity contribution in [3.05, 3.63) is 77.1 Å². The summed E-state index contributed by atoms with van der Waals surface area (Å²) in [5.41, 5.74) is 6.17. The molecule has 0 saturated carbocycles. The van der Waals surface area contributed by atoms with Gasteiger partial charge in [0.05, 0.1) is 16.7 Å². The summed E-state index contributed by atoms with van der Waals surface area (Å²) in [5, 5.41) is 2.34. The maximum absolute atomic E-state index is 14.5. The third-order valence-electron chi connectivity index (χ3n) is 4.42. The lowest BCUT2D eigenvalue weighted by atomic mass is 10.1. The Balaban J connectivity index is 2.22. The fourth-order valence-corrected chi connectivity index (χ4v) is 3.30. The van der Waals surface area contributed by atoms with Gasteiger partial charge in [-0.05, 0) is 62.7 Å².